The Morgan fingerprint density at radius 2 is 0.725 bits per heavy atom. The van der Waals surface area contributed by atoms with E-state index in [9.17, 15) is 0 Å². The topological polar surface area (TPSA) is 35.6 Å². The van der Waals surface area contributed by atoms with Gasteiger partial charge in [0.25, 0.3) is 0 Å². The van der Waals surface area contributed by atoms with Gasteiger partial charge in [-0.2, -0.15) is 0 Å². The summed E-state index contributed by atoms with van der Waals surface area (Å²) in [5, 5.41) is 5.31. The number of nitrogens with zero attached hydrogens (tertiary/aromatic N) is 4. The van der Waals surface area contributed by atoms with Gasteiger partial charge in [0.2, 0.25) is 0 Å². The molecule has 5 heteroatoms. The van der Waals surface area contributed by atoms with Crippen LogP contribution in [0.25, 0.3) is 33.4 Å². The molecule has 0 amide bonds. The van der Waals surface area contributed by atoms with Crippen molar-refractivity contribution >= 4 is 50.9 Å². The maximum absolute atomic E-state index is 5.28. The lowest BCUT2D eigenvalue weighted by atomic mass is 9.95. The van der Waals surface area contributed by atoms with Gasteiger partial charge in [-0.1, -0.05) is 157 Å². The lowest BCUT2D eigenvalue weighted by Crippen LogP contribution is -2.74. The Morgan fingerprint density at radius 3 is 1.08 bits per heavy atom. The number of fused-ring (bicyclic) bond motifs is 2. The SMILES string of the molecule is CC(C)(C)c1nc2ccccc2n1-c1cc(-n2c(C(C)(C)C)nc3ccccc32)cc([Si](c2ccccc2)(c2ccccc2)c2ccccc2)c1. The molecule has 8 aromatic rings. The lowest BCUT2D eigenvalue weighted by molar-refractivity contribution is 0.537. The number of imidazole rings is 2. The van der Waals surface area contributed by atoms with E-state index in [2.05, 4.69) is 208 Å². The van der Waals surface area contributed by atoms with E-state index in [0.717, 1.165) is 45.1 Å². The molecule has 0 bridgehead atoms. The molecule has 0 saturated heterocycles. The van der Waals surface area contributed by atoms with Crippen LogP contribution in [0.1, 0.15) is 53.2 Å². The summed E-state index contributed by atoms with van der Waals surface area (Å²) >= 11 is 0. The molecule has 252 valence electrons. The van der Waals surface area contributed by atoms with Crippen LogP contribution in [0.4, 0.5) is 0 Å². The Labute approximate surface area is 302 Å². The van der Waals surface area contributed by atoms with Gasteiger partial charge >= 0.3 is 0 Å². The van der Waals surface area contributed by atoms with E-state index in [4.69, 9.17) is 9.97 Å². The van der Waals surface area contributed by atoms with E-state index in [1.165, 1.54) is 20.7 Å². The fourth-order valence-electron chi connectivity index (χ4n) is 7.72. The van der Waals surface area contributed by atoms with E-state index in [1.54, 1.807) is 0 Å². The van der Waals surface area contributed by atoms with Crippen LogP contribution in [0.15, 0.2) is 158 Å². The van der Waals surface area contributed by atoms with Gasteiger partial charge in [0.1, 0.15) is 11.6 Å². The summed E-state index contributed by atoms with van der Waals surface area (Å²) in [7, 11) is -2.92. The lowest BCUT2D eigenvalue weighted by Gasteiger charge is -2.35. The van der Waals surface area contributed by atoms with Crippen LogP contribution in [0.2, 0.25) is 0 Å². The zero-order valence-corrected chi connectivity index (χ0v) is 31.3. The van der Waals surface area contributed by atoms with Crippen molar-refractivity contribution in [3.05, 3.63) is 169 Å². The second-order valence-electron chi connectivity index (χ2n) is 15.6. The Morgan fingerprint density at radius 1 is 0.392 bits per heavy atom. The van der Waals surface area contributed by atoms with Crippen LogP contribution >= 0.6 is 0 Å². The number of para-hydroxylation sites is 4. The minimum absolute atomic E-state index is 0.208. The molecule has 6 aromatic carbocycles. The van der Waals surface area contributed by atoms with Gasteiger partial charge in [-0.25, -0.2) is 9.97 Å². The molecule has 0 aliphatic heterocycles. The molecule has 0 saturated carbocycles. The standard InChI is InChI=1S/C46H44N4Si/c1-45(2,3)43-47-39-26-16-18-28-41(39)49(43)33-30-34(50-42-29-19-17-27-40(42)48-44(50)46(4,5)6)32-38(31-33)51(35-20-10-7-11-21-35,36-22-12-8-13-23-36)37-24-14-9-15-25-37/h7-32H,1-6H3. The Bertz CT molecular complexity index is 2270. The first kappa shape index (κ1) is 32.7. The monoisotopic (exact) mass is 680 g/mol. The van der Waals surface area contributed by atoms with E-state index in [1.807, 2.05) is 0 Å². The molecular formula is C46H44N4Si. The van der Waals surface area contributed by atoms with Gasteiger partial charge in [0.05, 0.1) is 22.1 Å². The number of benzene rings is 6. The fourth-order valence-corrected chi connectivity index (χ4v) is 12.5. The van der Waals surface area contributed by atoms with Crippen LogP contribution in [0.5, 0.6) is 0 Å². The van der Waals surface area contributed by atoms with Crippen LogP contribution in [-0.4, -0.2) is 27.2 Å². The van der Waals surface area contributed by atoms with Crippen molar-refractivity contribution in [2.24, 2.45) is 0 Å². The molecule has 0 atom stereocenters. The first-order valence-corrected chi connectivity index (χ1v) is 19.9. The average molecular weight is 681 g/mol. The van der Waals surface area contributed by atoms with Gasteiger partial charge in [-0.15, -0.1) is 0 Å². The van der Waals surface area contributed by atoms with Crippen molar-refractivity contribution in [3.63, 3.8) is 0 Å². The molecule has 2 heterocycles. The maximum atomic E-state index is 5.28. The number of hydrogen-bond acceptors (Lipinski definition) is 2. The highest BCUT2D eigenvalue weighted by molar-refractivity contribution is 7.20. The van der Waals surface area contributed by atoms with Crippen molar-refractivity contribution in [2.75, 3.05) is 0 Å². The molecule has 0 N–H and O–H groups in total. The zero-order chi connectivity index (χ0) is 35.4. The predicted octanol–water partition coefficient (Wildman–Crippen LogP) is 8.34. The first-order chi connectivity index (χ1) is 24.6. The number of hydrogen-bond donors (Lipinski definition) is 0. The van der Waals surface area contributed by atoms with Gasteiger partial charge in [0, 0.05) is 22.2 Å². The van der Waals surface area contributed by atoms with Crippen molar-refractivity contribution in [1.29, 1.82) is 0 Å². The molecule has 0 radical (unpaired) electrons. The van der Waals surface area contributed by atoms with Crippen molar-refractivity contribution in [1.82, 2.24) is 19.1 Å². The third-order valence-electron chi connectivity index (χ3n) is 9.94. The van der Waals surface area contributed by atoms with Gasteiger partial charge in [-0.05, 0) is 63.2 Å². The zero-order valence-electron chi connectivity index (χ0n) is 30.3. The van der Waals surface area contributed by atoms with Crippen LogP contribution < -0.4 is 20.7 Å². The first-order valence-electron chi connectivity index (χ1n) is 17.9. The number of aromatic nitrogens is 4. The van der Waals surface area contributed by atoms with E-state index in [0.29, 0.717) is 0 Å². The number of rotatable bonds is 6. The summed E-state index contributed by atoms with van der Waals surface area (Å²) < 4.78 is 4.80. The second-order valence-corrected chi connectivity index (χ2v) is 19.4. The summed E-state index contributed by atoms with van der Waals surface area (Å²) in [5.41, 5.74) is 5.97. The highest BCUT2D eigenvalue weighted by Gasteiger charge is 2.42. The molecule has 0 aliphatic carbocycles. The molecule has 0 fully saturated rings. The second kappa shape index (κ2) is 12.4. The third-order valence-corrected chi connectivity index (χ3v) is 14.7. The molecule has 0 aliphatic rings. The molecule has 2 aromatic heterocycles. The Hall–Kier alpha value is -5.52. The normalized spacial score (nSPS) is 12.5. The Balaban J connectivity index is 1.58. The van der Waals surface area contributed by atoms with E-state index in [-0.39, 0.29) is 10.8 Å². The molecular weight excluding hydrogens is 637 g/mol. The largest absolute Gasteiger partial charge is 0.296 e. The summed E-state index contributed by atoms with van der Waals surface area (Å²) in [5.74, 6) is 2.06. The van der Waals surface area contributed by atoms with Crippen molar-refractivity contribution in [2.45, 2.75) is 52.4 Å². The molecule has 4 nitrogen and oxygen atoms in total. The average Bonchev–Trinajstić information content (AvgIpc) is 3.74. The predicted molar refractivity (Wildman–Crippen MR) is 217 cm³/mol. The molecule has 0 unspecified atom stereocenters. The maximum Gasteiger partial charge on any atom is 0.179 e. The quantitative estimate of drug-likeness (QED) is 0.131. The van der Waals surface area contributed by atoms with E-state index < -0.39 is 8.07 Å². The molecule has 0 spiro atoms. The summed E-state index contributed by atoms with van der Waals surface area (Å²) in [6.07, 6.45) is 0. The summed E-state index contributed by atoms with van der Waals surface area (Å²) in [4.78, 5) is 10.6. The molecule has 8 rings (SSSR count). The van der Waals surface area contributed by atoms with Gasteiger partial charge in [-0.3, -0.25) is 9.13 Å². The third kappa shape index (κ3) is 5.53. The van der Waals surface area contributed by atoms with Gasteiger partial charge < -0.3 is 0 Å². The highest BCUT2D eigenvalue weighted by atomic mass is 28.3. The van der Waals surface area contributed by atoms with Crippen LogP contribution in [-0.2, 0) is 10.8 Å². The van der Waals surface area contributed by atoms with Crippen molar-refractivity contribution in [3.8, 4) is 11.4 Å². The molecule has 51 heavy (non-hydrogen) atoms. The smallest absolute Gasteiger partial charge is 0.179 e. The van der Waals surface area contributed by atoms with Crippen molar-refractivity contribution < 1.29 is 0 Å². The summed E-state index contributed by atoms with van der Waals surface area (Å²) in [6.45, 7) is 13.5. The highest BCUT2D eigenvalue weighted by Crippen LogP contribution is 2.34. The minimum Gasteiger partial charge on any atom is -0.296 e. The van der Waals surface area contributed by atoms with Gasteiger partial charge in [0.15, 0.2) is 8.07 Å². The fraction of sp³-hybridized carbons (Fsp3) is 0.174. The van der Waals surface area contributed by atoms with Crippen LogP contribution in [0, 0.1) is 0 Å². The van der Waals surface area contributed by atoms with E-state index >= 15 is 0 Å². The Kier molecular flexibility index (Phi) is 7.92. The minimum atomic E-state index is -2.92. The van der Waals surface area contributed by atoms with Crippen LogP contribution in [0.3, 0.4) is 0 Å². The summed E-state index contributed by atoms with van der Waals surface area (Å²) in [6, 6.07) is 57.9.